The molecule has 5 rings (SSSR count). The van der Waals surface area contributed by atoms with Gasteiger partial charge in [0, 0.05) is 17.3 Å². The second kappa shape index (κ2) is 8.68. The summed E-state index contributed by atoms with van der Waals surface area (Å²) in [5.74, 6) is 2.26. The Morgan fingerprint density at radius 2 is 2.03 bits per heavy atom. The summed E-state index contributed by atoms with van der Waals surface area (Å²) < 4.78 is 23.7. The number of furan rings is 1. The molecule has 2 aromatic heterocycles. The Kier molecular flexibility index (Phi) is 5.43. The van der Waals surface area contributed by atoms with Gasteiger partial charge in [0.05, 0.1) is 18.4 Å². The molecule has 162 valence electrons. The molecule has 32 heavy (non-hydrogen) atoms. The lowest BCUT2D eigenvalue weighted by Gasteiger charge is -2.05. The van der Waals surface area contributed by atoms with E-state index in [0.29, 0.717) is 40.3 Å². The maximum atomic E-state index is 12.5. The molecule has 1 aliphatic heterocycles. The van der Waals surface area contributed by atoms with Crippen LogP contribution in [0.4, 0.5) is 5.69 Å². The van der Waals surface area contributed by atoms with Crippen molar-refractivity contribution >= 4 is 23.2 Å². The smallest absolute Gasteiger partial charge is 0.291 e. The highest BCUT2D eigenvalue weighted by molar-refractivity contribution is 6.30. The third kappa shape index (κ3) is 4.55. The first kappa shape index (κ1) is 20.0. The largest absolute Gasteiger partial charge is 0.486 e. The molecule has 3 heterocycles. The monoisotopic (exact) mass is 451 g/mol. The standard InChI is InChI=1S/C23H18ClN3O5/c24-16-3-1-2-15(8-16)11-27-12-17(10-25-27)26-23(28)21-7-5-19(32-21)13-29-18-4-6-20-22(9-18)31-14-30-20/h1-10,12H,11,13-14H2,(H,26,28). The van der Waals surface area contributed by atoms with Gasteiger partial charge in [0.15, 0.2) is 17.3 Å². The summed E-state index contributed by atoms with van der Waals surface area (Å²) in [7, 11) is 0. The molecule has 0 radical (unpaired) electrons. The fourth-order valence-corrected chi connectivity index (χ4v) is 3.44. The van der Waals surface area contributed by atoms with Crippen LogP contribution in [-0.2, 0) is 13.2 Å². The minimum absolute atomic E-state index is 0.171. The number of carbonyl (C=O) groups is 1. The van der Waals surface area contributed by atoms with Gasteiger partial charge in [-0.15, -0.1) is 0 Å². The molecule has 1 aliphatic rings. The summed E-state index contributed by atoms with van der Waals surface area (Å²) in [4.78, 5) is 12.5. The van der Waals surface area contributed by atoms with E-state index < -0.39 is 0 Å². The average molecular weight is 452 g/mol. The van der Waals surface area contributed by atoms with Crippen LogP contribution in [0.3, 0.4) is 0 Å². The number of amides is 1. The number of nitrogens with zero attached hydrogens (tertiary/aromatic N) is 2. The van der Waals surface area contributed by atoms with Crippen molar-refractivity contribution in [2.24, 2.45) is 0 Å². The Balaban J connectivity index is 1.17. The van der Waals surface area contributed by atoms with E-state index in [1.54, 1.807) is 47.4 Å². The highest BCUT2D eigenvalue weighted by Crippen LogP contribution is 2.35. The number of halogens is 1. The third-order valence-electron chi connectivity index (χ3n) is 4.74. The van der Waals surface area contributed by atoms with Crippen molar-refractivity contribution in [3.05, 3.63) is 89.1 Å². The molecule has 0 aliphatic carbocycles. The topological polar surface area (TPSA) is 87.8 Å². The normalized spacial score (nSPS) is 12.0. The number of rotatable bonds is 7. The number of hydrogen-bond acceptors (Lipinski definition) is 6. The molecule has 1 N–H and O–H groups in total. The van der Waals surface area contributed by atoms with Crippen molar-refractivity contribution in [2.75, 3.05) is 12.1 Å². The van der Waals surface area contributed by atoms with Crippen LogP contribution in [0.1, 0.15) is 21.9 Å². The van der Waals surface area contributed by atoms with Crippen LogP contribution in [0.2, 0.25) is 5.02 Å². The minimum Gasteiger partial charge on any atom is -0.486 e. The van der Waals surface area contributed by atoms with Gasteiger partial charge in [0.2, 0.25) is 6.79 Å². The number of nitrogens with one attached hydrogen (secondary N) is 1. The van der Waals surface area contributed by atoms with Gasteiger partial charge < -0.3 is 23.9 Å². The number of benzene rings is 2. The highest BCUT2D eigenvalue weighted by atomic mass is 35.5. The first-order valence-corrected chi connectivity index (χ1v) is 10.2. The Morgan fingerprint density at radius 3 is 2.94 bits per heavy atom. The van der Waals surface area contributed by atoms with Gasteiger partial charge in [-0.05, 0) is 42.0 Å². The van der Waals surface area contributed by atoms with Crippen LogP contribution in [-0.4, -0.2) is 22.5 Å². The fourth-order valence-electron chi connectivity index (χ4n) is 3.23. The van der Waals surface area contributed by atoms with Crippen molar-refractivity contribution < 1.29 is 23.4 Å². The third-order valence-corrected chi connectivity index (χ3v) is 4.97. The zero-order valence-electron chi connectivity index (χ0n) is 16.8. The van der Waals surface area contributed by atoms with E-state index in [9.17, 15) is 4.79 Å². The summed E-state index contributed by atoms with van der Waals surface area (Å²) in [6.07, 6.45) is 3.32. The molecule has 0 atom stereocenters. The lowest BCUT2D eigenvalue weighted by molar-refractivity contribution is 0.0992. The van der Waals surface area contributed by atoms with Crippen molar-refractivity contribution in [1.82, 2.24) is 9.78 Å². The van der Waals surface area contributed by atoms with Crippen molar-refractivity contribution in [3.63, 3.8) is 0 Å². The summed E-state index contributed by atoms with van der Waals surface area (Å²) in [6.45, 7) is 0.915. The van der Waals surface area contributed by atoms with E-state index in [1.807, 2.05) is 24.3 Å². The van der Waals surface area contributed by atoms with Crippen LogP contribution < -0.4 is 19.5 Å². The van der Waals surface area contributed by atoms with Gasteiger partial charge >= 0.3 is 0 Å². The molecule has 0 spiro atoms. The minimum atomic E-state index is -0.373. The molecule has 1 amide bonds. The van der Waals surface area contributed by atoms with Crippen LogP contribution >= 0.6 is 11.6 Å². The van der Waals surface area contributed by atoms with Crippen molar-refractivity contribution in [2.45, 2.75) is 13.2 Å². The summed E-state index contributed by atoms with van der Waals surface area (Å²) >= 11 is 6.02. The molecular weight excluding hydrogens is 434 g/mol. The number of anilines is 1. The Morgan fingerprint density at radius 1 is 1.12 bits per heavy atom. The van der Waals surface area contributed by atoms with E-state index in [-0.39, 0.29) is 25.1 Å². The number of ether oxygens (including phenoxy) is 3. The van der Waals surface area contributed by atoms with E-state index in [2.05, 4.69) is 10.4 Å². The van der Waals surface area contributed by atoms with Crippen LogP contribution in [0.15, 0.2) is 71.4 Å². The molecule has 8 nitrogen and oxygen atoms in total. The van der Waals surface area contributed by atoms with Gasteiger partial charge in [0.25, 0.3) is 5.91 Å². The Labute approximate surface area is 188 Å². The summed E-state index contributed by atoms with van der Waals surface area (Å²) in [5, 5.41) is 7.71. The number of fused-ring (bicyclic) bond motifs is 1. The second-order valence-electron chi connectivity index (χ2n) is 7.08. The molecule has 0 saturated carbocycles. The van der Waals surface area contributed by atoms with E-state index in [4.69, 9.17) is 30.2 Å². The van der Waals surface area contributed by atoms with E-state index in [0.717, 1.165) is 5.56 Å². The summed E-state index contributed by atoms with van der Waals surface area (Å²) in [6, 6.07) is 16.1. The highest BCUT2D eigenvalue weighted by Gasteiger charge is 2.15. The van der Waals surface area contributed by atoms with Gasteiger partial charge in [0.1, 0.15) is 18.1 Å². The molecule has 0 fully saturated rings. The van der Waals surface area contributed by atoms with Gasteiger partial charge in [-0.25, -0.2) is 0 Å². The van der Waals surface area contributed by atoms with Gasteiger partial charge in [-0.3, -0.25) is 9.48 Å². The van der Waals surface area contributed by atoms with Crippen molar-refractivity contribution in [3.8, 4) is 17.2 Å². The molecule has 0 bridgehead atoms. The van der Waals surface area contributed by atoms with E-state index >= 15 is 0 Å². The lowest BCUT2D eigenvalue weighted by Crippen LogP contribution is -2.10. The maximum Gasteiger partial charge on any atom is 0.291 e. The van der Waals surface area contributed by atoms with Gasteiger partial charge in [-0.1, -0.05) is 23.7 Å². The number of carbonyl (C=O) groups excluding carboxylic acids is 1. The number of aromatic nitrogens is 2. The molecular formula is C23H18ClN3O5. The Bertz CT molecular complexity index is 1270. The molecule has 0 saturated heterocycles. The predicted octanol–water partition coefficient (Wildman–Crippen LogP) is 4.74. The lowest BCUT2D eigenvalue weighted by atomic mass is 10.2. The zero-order chi connectivity index (χ0) is 21.9. The van der Waals surface area contributed by atoms with Crippen LogP contribution in [0, 0.1) is 0 Å². The van der Waals surface area contributed by atoms with Crippen LogP contribution in [0.25, 0.3) is 0 Å². The van der Waals surface area contributed by atoms with Crippen LogP contribution in [0.5, 0.6) is 17.2 Å². The SMILES string of the molecule is O=C(Nc1cnn(Cc2cccc(Cl)c2)c1)c1ccc(COc2ccc3c(c2)OCO3)o1. The Hall–Kier alpha value is -3.91. The van der Waals surface area contributed by atoms with Gasteiger partial charge in [-0.2, -0.15) is 5.10 Å². The summed E-state index contributed by atoms with van der Waals surface area (Å²) in [5.41, 5.74) is 1.57. The second-order valence-corrected chi connectivity index (χ2v) is 7.52. The molecule has 9 heteroatoms. The fraction of sp³-hybridized carbons (Fsp3) is 0.130. The quantitative estimate of drug-likeness (QED) is 0.436. The molecule has 2 aromatic carbocycles. The zero-order valence-corrected chi connectivity index (χ0v) is 17.5. The maximum absolute atomic E-state index is 12.5. The predicted molar refractivity (Wildman–Crippen MR) is 116 cm³/mol. The molecule has 0 unspecified atom stereocenters. The van der Waals surface area contributed by atoms with E-state index in [1.165, 1.54) is 0 Å². The average Bonchev–Trinajstić information content (AvgIpc) is 3.53. The number of hydrogen-bond donors (Lipinski definition) is 1. The molecule has 4 aromatic rings. The first-order valence-electron chi connectivity index (χ1n) is 9.82. The first-order chi connectivity index (χ1) is 15.6. The van der Waals surface area contributed by atoms with Crippen molar-refractivity contribution in [1.29, 1.82) is 0 Å².